The highest BCUT2D eigenvalue weighted by Gasteiger charge is 2.03. The molecule has 0 aliphatic rings. The lowest BCUT2D eigenvalue weighted by Gasteiger charge is -2.02. The summed E-state index contributed by atoms with van der Waals surface area (Å²) in [5, 5.41) is 1.97. The van der Waals surface area contributed by atoms with E-state index in [-0.39, 0.29) is 0 Å². The van der Waals surface area contributed by atoms with Gasteiger partial charge in [0.25, 0.3) is 0 Å². The molecular weight excluding hydrogens is 304 g/mol. The first-order chi connectivity index (χ1) is 10.3. The first-order valence-corrected chi connectivity index (χ1v) is 7.90. The number of hydrogen-bond acceptors (Lipinski definition) is 6. The molecule has 0 atom stereocenters. The number of thiazole rings is 2. The van der Waals surface area contributed by atoms with Crippen LogP contribution in [0.15, 0.2) is 52.9 Å². The molecule has 4 nitrogen and oxygen atoms in total. The molecule has 0 N–H and O–H groups in total. The molecule has 2 heterocycles. The maximum atomic E-state index is 11.7. The van der Waals surface area contributed by atoms with E-state index >= 15 is 0 Å². The van der Waals surface area contributed by atoms with Gasteiger partial charge >= 0.3 is 5.97 Å². The quantitative estimate of drug-likeness (QED) is 0.416. The maximum Gasteiger partial charge on any atom is 0.336 e. The molecule has 6 heteroatoms. The van der Waals surface area contributed by atoms with Crippen LogP contribution in [0.3, 0.4) is 0 Å². The predicted octanol–water partition coefficient (Wildman–Crippen LogP) is 3.89. The molecule has 0 fully saturated rings. The van der Waals surface area contributed by atoms with Crippen LogP contribution >= 0.6 is 22.7 Å². The zero-order valence-corrected chi connectivity index (χ0v) is 12.4. The molecule has 0 spiro atoms. The average Bonchev–Trinajstić information content (AvgIpc) is 3.19. The van der Waals surface area contributed by atoms with Gasteiger partial charge in [-0.3, -0.25) is 4.98 Å². The molecule has 0 bridgehead atoms. The summed E-state index contributed by atoms with van der Waals surface area (Å²) in [6, 6.07) is 7.27. The third kappa shape index (κ3) is 3.62. The van der Waals surface area contributed by atoms with Crippen LogP contribution in [-0.4, -0.2) is 15.9 Å². The second-order valence-electron chi connectivity index (χ2n) is 4.06. The molecule has 0 unspecified atom stereocenters. The number of hydrogen-bond donors (Lipinski definition) is 0. The Labute approximate surface area is 129 Å². The van der Waals surface area contributed by atoms with Crippen molar-refractivity contribution in [2.75, 3.05) is 0 Å². The Bertz CT molecular complexity index is 733. The van der Waals surface area contributed by atoms with E-state index in [0.717, 1.165) is 16.1 Å². The van der Waals surface area contributed by atoms with E-state index in [4.69, 9.17) is 4.74 Å². The van der Waals surface area contributed by atoms with Crippen LogP contribution in [0.25, 0.3) is 17.3 Å². The fourth-order valence-electron chi connectivity index (χ4n) is 1.66. The van der Waals surface area contributed by atoms with Gasteiger partial charge < -0.3 is 4.74 Å². The molecule has 21 heavy (non-hydrogen) atoms. The van der Waals surface area contributed by atoms with Crippen molar-refractivity contribution in [3.05, 3.63) is 57.8 Å². The fraction of sp³-hybridized carbons (Fsp3) is 0. The second kappa shape index (κ2) is 6.43. The second-order valence-corrected chi connectivity index (χ2v) is 5.69. The van der Waals surface area contributed by atoms with Crippen LogP contribution in [0, 0.1) is 0 Å². The first-order valence-electron chi connectivity index (χ1n) is 6.08. The minimum absolute atomic E-state index is 0.412. The number of aromatic nitrogens is 2. The zero-order chi connectivity index (χ0) is 14.5. The van der Waals surface area contributed by atoms with Gasteiger partial charge in [0.15, 0.2) is 0 Å². The van der Waals surface area contributed by atoms with Crippen molar-refractivity contribution in [2.45, 2.75) is 0 Å². The molecule has 2 aromatic heterocycles. The van der Waals surface area contributed by atoms with Gasteiger partial charge in [0.2, 0.25) is 0 Å². The number of ether oxygens (including phenoxy) is 1. The lowest BCUT2D eigenvalue weighted by Crippen LogP contribution is -2.03. The minimum Gasteiger partial charge on any atom is -0.423 e. The molecule has 0 saturated carbocycles. The van der Waals surface area contributed by atoms with Crippen LogP contribution in [0.1, 0.15) is 4.88 Å². The molecule has 0 amide bonds. The predicted molar refractivity (Wildman–Crippen MR) is 84.3 cm³/mol. The number of carbonyl (C=O) groups excluding carboxylic acids is 1. The van der Waals surface area contributed by atoms with Gasteiger partial charge in [-0.05, 0) is 30.3 Å². The molecule has 0 aliphatic carbocycles. The summed E-state index contributed by atoms with van der Waals surface area (Å²) in [7, 11) is 0. The van der Waals surface area contributed by atoms with Gasteiger partial charge in [-0.2, -0.15) is 0 Å². The molecule has 3 rings (SSSR count). The number of carbonyl (C=O) groups is 1. The molecule has 1 aromatic carbocycles. The van der Waals surface area contributed by atoms with Crippen molar-refractivity contribution in [2.24, 2.45) is 0 Å². The van der Waals surface area contributed by atoms with Crippen LogP contribution in [0.5, 0.6) is 5.75 Å². The molecule has 0 saturated heterocycles. The first kappa shape index (κ1) is 13.7. The maximum absolute atomic E-state index is 11.7. The third-order valence-electron chi connectivity index (χ3n) is 2.64. The largest absolute Gasteiger partial charge is 0.423 e. The molecule has 3 aromatic rings. The molecule has 0 radical (unpaired) electrons. The van der Waals surface area contributed by atoms with E-state index in [2.05, 4.69) is 9.97 Å². The molecule has 104 valence electrons. The van der Waals surface area contributed by atoms with Gasteiger partial charge in [-0.25, -0.2) is 9.78 Å². The van der Waals surface area contributed by atoms with E-state index in [0.29, 0.717) is 5.75 Å². The van der Waals surface area contributed by atoms with E-state index in [1.54, 1.807) is 46.8 Å². The highest BCUT2D eigenvalue weighted by atomic mass is 32.1. The minimum atomic E-state index is -0.412. The number of esters is 1. The fourth-order valence-corrected chi connectivity index (χ4v) is 2.73. The van der Waals surface area contributed by atoms with Gasteiger partial charge in [0.05, 0.1) is 16.7 Å². The Morgan fingerprint density at radius 3 is 2.71 bits per heavy atom. The summed E-state index contributed by atoms with van der Waals surface area (Å²) in [6.45, 7) is 0. The van der Waals surface area contributed by atoms with E-state index in [1.165, 1.54) is 17.4 Å². The van der Waals surface area contributed by atoms with Crippen molar-refractivity contribution in [3.63, 3.8) is 0 Å². The van der Waals surface area contributed by atoms with Gasteiger partial charge in [-0.1, -0.05) is 0 Å². The van der Waals surface area contributed by atoms with Crippen molar-refractivity contribution >= 4 is 34.7 Å². The van der Waals surface area contributed by atoms with Crippen molar-refractivity contribution in [1.82, 2.24) is 9.97 Å². The Kier molecular flexibility index (Phi) is 4.18. The lowest BCUT2D eigenvalue weighted by molar-refractivity contribution is -0.128. The monoisotopic (exact) mass is 314 g/mol. The van der Waals surface area contributed by atoms with Crippen molar-refractivity contribution < 1.29 is 9.53 Å². The highest BCUT2D eigenvalue weighted by molar-refractivity contribution is 7.10. The van der Waals surface area contributed by atoms with Crippen molar-refractivity contribution in [1.29, 1.82) is 0 Å². The lowest BCUT2D eigenvalue weighted by atomic mass is 10.2. The Hall–Kier alpha value is -2.31. The number of rotatable bonds is 4. The highest BCUT2D eigenvalue weighted by Crippen LogP contribution is 2.22. The summed E-state index contributed by atoms with van der Waals surface area (Å²) in [4.78, 5) is 20.8. The summed E-state index contributed by atoms with van der Waals surface area (Å²) >= 11 is 3.00. The SMILES string of the molecule is O=C(/C=C/c1cncs1)Oc1ccc(-c2cscn2)cc1. The van der Waals surface area contributed by atoms with E-state index in [9.17, 15) is 4.79 Å². The summed E-state index contributed by atoms with van der Waals surface area (Å²) < 4.78 is 5.23. The summed E-state index contributed by atoms with van der Waals surface area (Å²) in [5.41, 5.74) is 5.41. The number of nitrogens with zero attached hydrogens (tertiary/aromatic N) is 2. The molecule has 0 aliphatic heterocycles. The zero-order valence-electron chi connectivity index (χ0n) is 10.8. The van der Waals surface area contributed by atoms with Crippen LogP contribution in [0.2, 0.25) is 0 Å². The number of benzene rings is 1. The summed E-state index contributed by atoms with van der Waals surface area (Å²) in [6.07, 6.45) is 4.77. The Balaban J connectivity index is 1.64. The van der Waals surface area contributed by atoms with Gasteiger partial charge in [0, 0.05) is 28.1 Å². The standard InChI is InChI=1S/C15H10N2O2S2/c18-15(6-5-13-7-16-9-21-13)19-12-3-1-11(2-4-12)14-8-20-10-17-14/h1-10H/b6-5+. The van der Waals surface area contributed by atoms with Crippen LogP contribution in [0.4, 0.5) is 0 Å². The normalized spacial score (nSPS) is 10.9. The van der Waals surface area contributed by atoms with Crippen LogP contribution in [-0.2, 0) is 4.79 Å². The van der Waals surface area contributed by atoms with E-state index in [1.807, 2.05) is 17.5 Å². The third-order valence-corrected chi connectivity index (χ3v) is 3.96. The Morgan fingerprint density at radius 1 is 1.19 bits per heavy atom. The molecular formula is C15H10N2O2S2. The average molecular weight is 314 g/mol. The van der Waals surface area contributed by atoms with E-state index < -0.39 is 5.97 Å². The van der Waals surface area contributed by atoms with Crippen molar-refractivity contribution in [3.8, 4) is 17.0 Å². The van der Waals surface area contributed by atoms with Crippen LogP contribution < -0.4 is 4.74 Å². The van der Waals surface area contributed by atoms with Gasteiger partial charge in [-0.15, -0.1) is 22.7 Å². The Morgan fingerprint density at radius 2 is 2.05 bits per heavy atom. The smallest absolute Gasteiger partial charge is 0.336 e. The topological polar surface area (TPSA) is 52.1 Å². The van der Waals surface area contributed by atoms with Gasteiger partial charge in [0.1, 0.15) is 5.75 Å². The summed E-state index contributed by atoms with van der Waals surface area (Å²) in [5.74, 6) is 0.0951.